The molecule has 0 aliphatic carbocycles. The van der Waals surface area contributed by atoms with Crippen molar-refractivity contribution < 1.29 is 18.9 Å². The molecule has 0 aromatic rings. The lowest BCUT2D eigenvalue weighted by molar-refractivity contribution is -0.0119. The highest BCUT2D eigenvalue weighted by Crippen LogP contribution is 2.04. The summed E-state index contributed by atoms with van der Waals surface area (Å²) in [5, 5.41) is 0. The number of unbranched alkanes of at least 4 members (excludes halogenated alkanes) is 5. The average molecular weight is 304 g/mol. The first-order chi connectivity index (χ1) is 10.3. The van der Waals surface area contributed by atoms with Crippen LogP contribution in [-0.2, 0) is 18.9 Å². The van der Waals surface area contributed by atoms with Gasteiger partial charge in [0.1, 0.15) is 0 Å². The molecule has 0 aromatic carbocycles. The molecule has 0 heterocycles. The molecule has 0 N–H and O–H groups in total. The number of ether oxygens (including phenoxy) is 4. The van der Waals surface area contributed by atoms with Crippen molar-refractivity contribution >= 4 is 0 Å². The summed E-state index contributed by atoms with van der Waals surface area (Å²) in [6.45, 7) is 11.0. The van der Waals surface area contributed by atoms with Gasteiger partial charge < -0.3 is 18.9 Å². The van der Waals surface area contributed by atoms with Gasteiger partial charge in [0.25, 0.3) is 0 Å². The van der Waals surface area contributed by atoms with Crippen LogP contribution < -0.4 is 0 Å². The maximum atomic E-state index is 5.53. The predicted octanol–water partition coefficient (Wildman–Crippen LogP) is 3.82. The third-order valence-corrected chi connectivity index (χ3v) is 3.07. The second-order valence-corrected chi connectivity index (χ2v) is 5.52. The number of hydrogen-bond acceptors (Lipinski definition) is 4. The van der Waals surface area contributed by atoms with Gasteiger partial charge in [0.2, 0.25) is 0 Å². The van der Waals surface area contributed by atoms with E-state index in [4.69, 9.17) is 18.9 Å². The zero-order valence-corrected chi connectivity index (χ0v) is 14.4. The molecule has 0 aliphatic rings. The van der Waals surface area contributed by atoms with E-state index in [2.05, 4.69) is 6.92 Å². The second-order valence-electron chi connectivity index (χ2n) is 5.52. The van der Waals surface area contributed by atoms with Crippen molar-refractivity contribution in [2.75, 3.05) is 46.2 Å². The molecule has 21 heavy (non-hydrogen) atoms. The van der Waals surface area contributed by atoms with Gasteiger partial charge in [-0.15, -0.1) is 0 Å². The predicted molar refractivity (Wildman–Crippen MR) is 86.9 cm³/mol. The van der Waals surface area contributed by atoms with E-state index in [0.29, 0.717) is 39.6 Å². The largest absolute Gasteiger partial charge is 0.379 e. The SMILES string of the molecule is CCCCCCCCOCCOCCOCCOC(C)C. The van der Waals surface area contributed by atoms with Gasteiger partial charge >= 0.3 is 0 Å². The molecular weight excluding hydrogens is 268 g/mol. The molecule has 0 aromatic heterocycles. The molecule has 0 amide bonds. The first kappa shape index (κ1) is 20.8. The topological polar surface area (TPSA) is 36.9 Å². The lowest BCUT2D eigenvalue weighted by Crippen LogP contribution is -2.13. The summed E-state index contributed by atoms with van der Waals surface area (Å²) in [6.07, 6.45) is 8.10. The van der Waals surface area contributed by atoms with Crippen molar-refractivity contribution in [2.24, 2.45) is 0 Å². The molecule has 0 aliphatic heterocycles. The third kappa shape index (κ3) is 19.8. The highest BCUT2D eigenvalue weighted by molar-refractivity contribution is 4.43. The molecule has 0 unspecified atom stereocenters. The van der Waals surface area contributed by atoms with E-state index in [1.807, 2.05) is 13.8 Å². The van der Waals surface area contributed by atoms with Crippen LogP contribution >= 0.6 is 0 Å². The first-order valence-corrected chi connectivity index (χ1v) is 8.62. The Hall–Kier alpha value is -0.160. The fraction of sp³-hybridized carbons (Fsp3) is 1.00. The van der Waals surface area contributed by atoms with Crippen LogP contribution in [0.2, 0.25) is 0 Å². The Morgan fingerprint density at radius 2 is 1.05 bits per heavy atom. The van der Waals surface area contributed by atoms with E-state index in [1.165, 1.54) is 38.5 Å². The Morgan fingerprint density at radius 1 is 0.571 bits per heavy atom. The van der Waals surface area contributed by atoms with Gasteiger partial charge in [-0.2, -0.15) is 0 Å². The highest BCUT2D eigenvalue weighted by atomic mass is 16.6. The Morgan fingerprint density at radius 3 is 1.62 bits per heavy atom. The molecule has 0 bridgehead atoms. The standard InChI is InChI=1S/C17H36O4/c1-4-5-6-7-8-9-10-18-11-12-19-13-14-20-15-16-21-17(2)3/h17H,4-16H2,1-3H3. The van der Waals surface area contributed by atoms with Gasteiger partial charge in [0, 0.05) is 6.61 Å². The summed E-state index contributed by atoms with van der Waals surface area (Å²) in [5.41, 5.74) is 0. The molecule has 4 heteroatoms. The lowest BCUT2D eigenvalue weighted by atomic mass is 10.1. The van der Waals surface area contributed by atoms with Crippen molar-refractivity contribution in [1.82, 2.24) is 0 Å². The molecule has 0 fully saturated rings. The van der Waals surface area contributed by atoms with Gasteiger partial charge in [-0.1, -0.05) is 39.0 Å². The summed E-state index contributed by atoms with van der Waals surface area (Å²) in [7, 11) is 0. The summed E-state index contributed by atoms with van der Waals surface area (Å²) >= 11 is 0. The van der Waals surface area contributed by atoms with Crippen LogP contribution in [-0.4, -0.2) is 52.4 Å². The smallest absolute Gasteiger partial charge is 0.0703 e. The van der Waals surface area contributed by atoms with Crippen molar-refractivity contribution in [3.8, 4) is 0 Å². The van der Waals surface area contributed by atoms with E-state index in [-0.39, 0.29) is 6.10 Å². The van der Waals surface area contributed by atoms with Crippen LogP contribution in [0.3, 0.4) is 0 Å². The average Bonchev–Trinajstić information content (AvgIpc) is 2.46. The molecule has 0 rings (SSSR count). The minimum Gasteiger partial charge on any atom is -0.379 e. The fourth-order valence-electron chi connectivity index (χ4n) is 1.87. The van der Waals surface area contributed by atoms with Crippen LogP contribution in [0.25, 0.3) is 0 Å². The van der Waals surface area contributed by atoms with Gasteiger partial charge in [-0.05, 0) is 20.3 Å². The second kappa shape index (κ2) is 17.9. The number of rotatable bonds is 17. The Bertz CT molecular complexity index is 186. The summed E-state index contributed by atoms with van der Waals surface area (Å²) in [4.78, 5) is 0. The van der Waals surface area contributed by atoms with Gasteiger partial charge in [0.05, 0.1) is 45.7 Å². The molecule has 128 valence electrons. The quantitative estimate of drug-likeness (QED) is 0.383. The third-order valence-electron chi connectivity index (χ3n) is 3.07. The minimum atomic E-state index is 0.272. The Balaban J connectivity index is 2.93. The molecular formula is C17H36O4. The highest BCUT2D eigenvalue weighted by Gasteiger charge is 1.94. The zero-order chi connectivity index (χ0) is 15.6. The maximum Gasteiger partial charge on any atom is 0.0703 e. The monoisotopic (exact) mass is 304 g/mol. The molecule has 4 nitrogen and oxygen atoms in total. The van der Waals surface area contributed by atoms with E-state index in [9.17, 15) is 0 Å². The molecule has 0 spiro atoms. The Labute approximate surface area is 131 Å². The molecule has 0 saturated heterocycles. The van der Waals surface area contributed by atoms with E-state index < -0.39 is 0 Å². The van der Waals surface area contributed by atoms with Crippen LogP contribution in [0.1, 0.15) is 59.3 Å². The van der Waals surface area contributed by atoms with Crippen molar-refractivity contribution in [3.05, 3.63) is 0 Å². The summed E-state index contributed by atoms with van der Waals surface area (Å²) in [6, 6.07) is 0. The van der Waals surface area contributed by atoms with E-state index in [1.54, 1.807) is 0 Å². The fourth-order valence-corrected chi connectivity index (χ4v) is 1.87. The van der Waals surface area contributed by atoms with Gasteiger partial charge in [-0.3, -0.25) is 0 Å². The Kier molecular flexibility index (Phi) is 17.8. The van der Waals surface area contributed by atoms with Crippen LogP contribution in [0.5, 0.6) is 0 Å². The van der Waals surface area contributed by atoms with Crippen LogP contribution in [0.4, 0.5) is 0 Å². The van der Waals surface area contributed by atoms with Crippen LogP contribution in [0, 0.1) is 0 Å². The van der Waals surface area contributed by atoms with Crippen molar-refractivity contribution in [3.63, 3.8) is 0 Å². The summed E-state index contributed by atoms with van der Waals surface area (Å²) < 4.78 is 21.7. The van der Waals surface area contributed by atoms with E-state index in [0.717, 1.165) is 6.61 Å². The minimum absolute atomic E-state index is 0.272. The van der Waals surface area contributed by atoms with Crippen molar-refractivity contribution in [1.29, 1.82) is 0 Å². The summed E-state index contributed by atoms with van der Waals surface area (Å²) in [5.74, 6) is 0. The number of hydrogen-bond donors (Lipinski definition) is 0. The zero-order valence-electron chi connectivity index (χ0n) is 14.4. The van der Waals surface area contributed by atoms with E-state index >= 15 is 0 Å². The molecule has 0 radical (unpaired) electrons. The first-order valence-electron chi connectivity index (χ1n) is 8.62. The normalized spacial score (nSPS) is 11.4. The lowest BCUT2D eigenvalue weighted by Gasteiger charge is -2.08. The maximum absolute atomic E-state index is 5.53. The van der Waals surface area contributed by atoms with Crippen LogP contribution in [0.15, 0.2) is 0 Å². The molecule has 0 saturated carbocycles. The van der Waals surface area contributed by atoms with Gasteiger partial charge in [-0.25, -0.2) is 0 Å². The van der Waals surface area contributed by atoms with Gasteiger partial charge in [0.15, 0.2) is 0 Å². The molecule has 0 atom stereocenters. The van der Waals surface area contributed by atoms with Crippen molar-refractivity contribution in [2.45, 2.75) is 65.4 Å².